The first kappa shape index (κ1) is 12.2. The van der Waals surface area contributed by atoms with Crippen molar-refractivity contribution in [3.05, 3.63) is 16.3 Å². The van der Waals surface area contributed by atoms with E-state index in [0.29, 0.717) is 0 Å². The smallest absolute Gasteiger partial charge is 0.329 e. The van der Waals surface area contributed by atoms with Crippen LogP contribution in [0, 0.1) is 10.1 Å². The number of hydrogen-bond donors (Lipinski definition) is 1. The zero-order valence-corrected chi connectivity index (χ0v) is 9.54. The van der Waals surface area contributed by atoms with E-state index in [1.165, 1.54) is 0 Å². The quantitative estimate of drug-likeness (QED) is 0.610. The van der Waals surface area contributed by atoms with Gasteiger partial charge < -0.3 is 10.6 Å². The number of nitro groups is 1. The second-order valence-electron chi connectivity index (χ2n) is 3.56. The molecule has 88 valence electrons. The lowest BCUT2D eigenvalue weighted by atomic mass is 10.2. The lowest BCUT2D eigenvalue weighted by Crippen LogP contribution is -2.29. The Morgan fingerprint density at radius 3 is 2.81 bits per heavy atom. The van der Waals surface area contributed by atoms with E-state index in [0.717, 1.165) is 12.6 Å². The molecule has 1 unspecified atom stereocenters. The normalized spacial score (nSPS) is 12.2. The summed E-state index contributed by atoms with van der Waals surface area (Å²) >= 11 is 0. The van der Waals surface area contributed by atoms with Gasteiger partial charge in [0.15, 0.2) is 0 Å². The number of aromatic nitrogens is 2. The molecule has 7 heteroatoms. The summed E-state index contributed by atoms with van der Waals surface area (Å²) in [7, 11) is 1.75. The Morgan fingerprint density at radius 2 is 2.31 bits per heavy atom. The van der Waals surface area contributed by atoms with Crippen LogP contribution < -0.4 is 10.6 Å². The Labute approximate surface area is 93.4 Å². The average molecular weight is 225 g/mol. The number of nitrogen functional groups attached to an aromatic ring is 1. The van der Waals surface area contributed by atoms with E-state index in [-0.39, 0.29) is 23.5 Å². The highest BCUT2D eigenvalue weighted by molar-refractivity contribution is 5.58. The predicted molar refractivity (Wildman–Crippen MR) is 61.3 cm³/mol. The van der Waals surface area contributed by atoms with Crippen LogP contribution in [0.5, 0.6) is 0 Å². The predicted octanol–water partition coefficient (Wildman–Crippen LogP) is 1.20. The minimum atomic E-state index is -0.506. The lowest BCUT2D eigenvalue weighted by Gasteiger charge is -2.24. The first-order valence-electron chi connectivity index (χ1n) is 4.97. The van der Waals surface area contributed by atoms with Crippen LogP contribution in [0.2, 0.25) is 0 Å². The largest absolute Gasteiger partial charge is 0.368 e. The summed E-state index contributed by atoms with van der Waals surface area (Å²) in [4.78, 5) is 19.6. The third kappa shape index (κ3) is 2.36. The van der Waals surface area contributed by atoms with Crippen LogP contribution in [0.4, 0.5) is 17.5 Å². The molecule has 1 aromatic heterocycles. The van der Waals surface area contributed by atoms with Gasteiger partial charge in [-0.1, -0.05) is 6.92 Å². The van der Waals surface area contributed by atoms with E-state index in [1.807, 2.05) is 13.8 Å². The fourth-order valence-corrected chi connectivity index (χ4v) is 1.25. The van der Waals surface area contributed by atoms with Crippen molar-refractivity contribution in [1.29, 1.82) is 0 Å². The second kappa shape index (κ2) is 4.73. The maximum atomic E-state index is 10.8. The van der Waals surface area contributed by atoms with Gasteiger partial charge in [-0.15, -0.1) is 0 Å². The molecule has 1 heterocycles. The third-order valence-electron chi connectivity index (χ3n) is 2.55. The topological polar surface area (TPSA) is 98.2 Å². The molecule has 1 atom stereocenters. The average Bonchev–Trinajstić information content (AvgIpc) is 2.26. The molecule has 0 radical (unpaired) electrons. The molecule has 1 aromatic rings. The Morgan fingerprint density at radius 1 is 1.69 bits per heavy atom. The van der Waals surface area contributed by atoms with E-state index >= 15 is 0 Å². The number of rotatable bonds is 4. The van der Waals surface area contributed by atoms with Crippen LogP contribution in [0.15, 0.2) is 6.20 Å². The zero-order chi connectivity index (χ0) is 12.3. The maximum absolute atomic E-state index is 10.8. The van der Waals surface area contributed by atoms with Crippen molar-refractivity contribution >= 4 is 17.5 Å². The van der Waals surface area contributed by atoms with E-state index < -0.39 is 4.92 Å². The van der Waals surface area contributed by atoms with E-state index in [2.05, 4.69) is 9.97 Å². The molecule has 0 saturated carbocycles. The van der Waals surface area contributed by atoms with Crippen LogP contribution in [0.25, 0.3) is 0 Å². The molecule has 7 nitrogen and oxygen atoms in total. The van der Waals surface area contributed by atoms with E-state index in [9.17, 15) is 10.1 Å². The molecule has 0 aliphatic rings. The summed E-state index contributed by atoms with van der Waals surface area (Å²) in [6, 6.07) is 0.146. The van der Waals surface area contributed by atoms with Gasteiger partial charge in [0.1, 0.15) is 6.20 Å². The summed E-state index contributed by atoms with van der Waals surface area (Å²) < 4.78 is 0. The summed E-state index contributed by atoms with van der Waals surface area (Å²) in [6.45, 7) is 3.96. The number of hydrogen-bond acceptors (Lipinski definition) is 6. The van der Waals surface area contributed by atoms with Gasteiger partial charge in [-0.2, -0.15) is 4.98 Å². The van der Waals surface area contributed by atoms with Crippen molar-refractivity contribution in [3.8, 4) is 0 Å². The van der Waals surface area contributed by atoms with Crippen molar-refractivity contribution in [1.82, 2.24) is 9.97 Å². The third-order valence-corrected chi connectivity index (χ3v) is 2.55. The SMILES string of the molecule is CCC(C)N(C)c1nc(N)ncc1[N+](=O)[O-]. The minimum Gasteiger partial charge on any atom is -0.368 e. The Kier molecular flexibility index (Phi) is 3.60. The van der Waals surface area contributed by atoms with Crippen molar-refractivity contribution < 1.29 is 4.92 Å². The summed E-state index contributed by atoms with van der Waals surface area (Å²) in [5.74, 6) is 0.294. The lowest BCUT2D eigenvalue weighted by molar-refractivity contribution is -0.384. The molecular formula is C9H15N5O2. The van der Waals surface area contributed by atoms with Crippen LogP contribution in [-0.4, -0.2) is 28.0 Å². The van der Waals surface area contributed by atoms with Gasteiger partial charge in [-0.3, -0.25) is 10.1 Å². The maximum Gasteiger partial charge on any atom is 0.329 e. The van der Waals surface area contributed by atoms with E-state index in [4.69, 9.17) is 5.73 Å². The molecule has 0 amide bonds. The molecule has 0 bridgehead atoms. The van der Waals surface area contributed by atoms with Crippen molar-refractivity contribution in [2.75, 3.05) is 17.7 Å². The molecule has 2 N–H and O–H groups in total. The summed E-state index contributed by atoms with van der Waals surface area (Å²) in [6.07, 6.45) is 1.99. The van der Waals surface area contributed by atoms with E-state index in [1.54, 1.807) is 11.9 Å². The van der Waals surface area contributed by atoms with Gasteiger partial charge in [0.2, 0.25) is 11.8 Å². The van der Waals surface area contributed by atoms with Gasteiger partial charge >= 0.3 is 5.69 Å². The van der Waals surface area contributed by atoms with Gasteiger partial charge in [0.25, 0.3) is 0 Å². The van der Waals surface area contributed by atoms with Gasteiger partial charge in [0, 0.05) is 13.1 Å². The van der Waals surface area contributed by atoms with Crippen molar-refractivity contribution in [3.63, 3.8) is 0 Å². The van der Waals surface area contributed by atoms with Gasteiger partial charge in [-0.05, 0) is 13.3 Å². The molecule has 1 rings (SSSR count). The van der Waals surface area contributed by atoms with Crippen LogP contribution in [-0.2, 0) is 0 Å². The number of nitrogens with two attached hydrogens (primary N) is 1. The summed E-state index contributed by atoms with van der Waals surface area (Å²) in [5, 5.41) is 10.8. The first-order chi connectivity index (χ1) is 7.47. The summed E-state index contributed by atoms with van der Waals surface area (Å²) in [5.41, 5.74) is 5.31. The monoisotopic (exact) mass is 225 g/mol. The van der Waals surface area contributed by atoms with Crippen LogP contribution in [0.3, 0.4) is 0 Å². The fourth-order valence-electron chi connectivity index (χ4n) is 1.25. The highest BCUT2D eigenvalue weighted by Gasteiger charge is 2.22. The van der Waals surface area contributed by atoms with Crippen molar-refractivity contribution in [2.24, 2.45) is 0 Å². The molecule has 0 aliphatic carbocycles. The highest BCUT2D eigenvalue weighted by Crippen LogP contribution is 2.26. The van der Waals surface area contributed by atoms with Gasteiger partial charge in [-0.25, -0.2) is 4.98 Å². The molecule has 0 aromatic carbocycles. The Bertz CT molecular complexity index is 395. The number of anilines is 2. The molecule has 0 fully saturated rings. The molecule has 0 saturated heterocycles. The standard InChI is InChI=1S/C9H15N5O2/c1-4-6(2)13(3)8-7(14(15)16)5-11-9(10)12-8/h5-6H,4H2,1-3H3,(H2,10,11,12). The first-order valence-corrected chi connectivity index (χ1v) is 4.97. The van der Waals surface area contributed by atoms with Crippen LogP contribution >= 0.6 is 0 Å². The number of nitrogens with zero attached hydrogens (tertiary/aromatic N) is 4. The van der Waals surface area contributed by atoms with Gasteiger partial charge in [0.05, 0.1) is 4.92 Å². The Balaban J connectivity index is 3.19. The second-order valence-corrected chi connectivity index (χ2v) is 3.56. The zero-order valence-electron chi connectivity index (χ0n) is 9.54. The minimum absolute atomic E-state index is 0.0377. The highest BCUT2D eigenvalue weighted by atomic mass is 16.6. The fraction of sp³-hybridized carbons (Fsp3) is 0.556. The molecular weight excluding hydrogens is 210 g/mol. The molecule has 16 heavy (non-hydrogen) atoms. The molecule has 0 aliphatic heterocycles. The Hall–Kier alpha value is -1.92. The molecule has 0 spiro atoms. The van der Waals surface area contributed by atoms with Crippen LogP contribution in [0.1, 0.15) is 20.3 Å². The van der Waals surface area contributed by atoms with Crippen molar-refractivity contribution in [2.45, 2.75) is 26.3 Å².